The first-order chi connectivity index (χ1) is 9.29. The predicted molar refractivity (Wildman–Crippen MR) is 70.9 cm³/mol. The van der Waals surface area contributed by atoms with Crippen molar-refractivity contribution in [3.63, 3.8) is 0 Å². The van der Waals surface area contributed by atoms with Crippen molar-refractivity contribution in [3.05, 3.63) is 11.4 Å². The lowest BCUT2D eigenvalue weighted by atomic mass is 10.00. The van der Waals surface area contributed by atoms with Crippen LogP contribution in [0.25, 0.3) is 0 Å². The average Bonchev–Trinajstić information content (AvgIpc) is 2.70. The van der Waals surface area contributed by atoms with Crippen LogP contribution in [-0.2, 0) is 16.6 Å². The number of aromatic nitrogens is 3. The summed E-state index contributed by atoms with van der Waals surface area (Å²) in [6.07, 6.45) is 2.91. The summed E-state index contributed by atoms with van der Waals surface area (Å²) in [7, 11) is -3.18. The Bertz CT molecular complexity index is 610. The molecule has 2 rings (SSSR count). The smallest absolute Gasteiger partial charge is 0.358 e. The summed E-state index contributed by atoms with van der Waals surface area (Å²) < 4.78 is 26.1. The van der Waals surface area contributed by atoms with E-state index in [-0.39, 0.29) is 11.6 Å². The zero-order valence-corrected chi connectivity index (χ0v) is 12.3. The van der Waals surface area contributed by atoms with E-state index in [0.29, 0.717) is 25.3 Å². The number of carboxylic acid groups (broad SMARTS) is 1. The van der Waals surface area contributed by atoms with Gasteiger partial charge in [-0.1, -0.05) is 5.21 Å². The Morgan fingerprint density at radius 3 is 2.75 bits per heavy atom. The molecule has 9 heteroatoms. The normalized spacial score (nSPS) is 21.0. The number of piperidine rings is 1. The van der Waals surface area contributed by atoms with Crippen LogP contribution >= 0.6 is 0 Å². The minimum Gasteiger partial charge on any atom is -0.476 e. The lowest BCUT2D eigenvalue weighted by Crippen LogP contribution is -2.40. The van der Waals surface area contributed by atoms with Crippen LogP contribution in [0.2, 0.25) is 0 Å². The van der Waals surface area contributed by atoms with Gasteiger partial charge in [0.2, 0.25) is 10.0 Å². The van der Waals surface area contributed by atoms with E-state index >= 15 is 0 Å². The molecule has 1 aliphatic heterocycles. The molecule has 1 N–H and O–H groups in total. The molecule has 1 aliphatic rings. The maximum absolute atomic E-state index is 11.6. The Hall–Kier alpha value is -1.48. The second-order valence-electron chi connectivity index (χ2n) is 5.14. The fourth-order valence-electron chi connectivity index (χ4n) is 2.45. The Morgan fingerprint density at radius 2 is 2.20 bits per heavy atom. The standard InChI is InChI=1S/C11H18N4O4S/c1-8-10(11(16)17)12-13-15(8)7-9-4-3-5-14(6-9)20(2,18)19/h9H,3-7H2,1-2H3,(H,16,17). The van der Waals surface area contributed by atoms with E-state index in [2.05, 4.69) is 10.3 Å². The van der Waals surface area contributed by atoms with Gasteiger partial charge in [0, 0.05) is 19.6 Å². The summed E-state index contributed by atoms with van der Waals surface area (Å²) in [5.41, 5.74) is 0.440. The molecule has 112 valence electrons. The maximum Gasteiger partial charge on any atom is 0.358 e. The fourth-order valence-corrected chi connectivity index (χ4v) is 3.40. The van der Waals surface area contributed by atoms with Crippen LogP contribution in [0.15, 0.2) is 0 Å². The van der Waals surface area contributed by atoms with Crippen molar-refractivity contribution in [3.8, 4) is 0 Å². The molecule has 1 unspecified atom stereocenters. The molecule has 2 heterocycles. The molecule has 0 amide bonds. The van der Waals surface area contributed by atoms with Crippen molar-refractivity contribution < 1.29 is 18.3 Å². The van der Waals surface area contributed by atoms with Gasteiger partial charge in [-0.15, -0.1) is 5.10 Å². The molecule has 0 bridgehead atoms. The van der Waals surface area contributed by atoms with Gasteiger partial charge >= 0.3 is 5.97 Å². The third-order valence-corrected chi connectivity index (χ3v) is 4.84. The topological polar surface area (TPSA) is 105 Å². The number of hydrogen-bond acceptors (Lipinski definition) is 5. The van der Waals surface area contributed by atoms with Crippen molar-refractivity contribution in [1.29, 1.82) is 0 Å². The van der Waals surface area contributed by atoms with E-state index in [9.17, 15) is 13.2 Å². The summed E-state index contributed by atoms with van der Waals surface area (Å²) in [5.74, 6) is -0.976. The first-order valence-electron chi connectivity index (χ1n) is 6.37. The first-order valence-corrected chi connectivity index (χ1v) is 8.22. The molecule has 1 aromatic heterocycles. The third-order valence-electron chi connectivity index (χ3n) is 3.57. The van der Waals surface area contributed by atoms with Gasteiger partial charge in [-0.3, -0.25) is 0 Å². The highest BCUT2D eigenvalue weighted by atomic mass is 32.2. The number of sulfonamides is 1. The monoisotopic (exact) mass is 302 g/mol. The SMILES string of the molecule is Cc1c(C(=O)O)nnn1CC1CCCN(S(C)(=O)=O)C1. The molecular weight excluding hydrogens is 284 g/mol. The highest BCUT2D eigenvalue weighted by Gasteiger charge is 2.27. The molecule has 0 saturated carbocycles. The van der Waals surface area contributed by atoms with E-state index < -0.39 is 16.0 Å². The number of carboxylic acids is 1. The van der Waals surface area contributed by atoms with E-state index in [0.717, 1.165) is 12.8 Å². The van der Waals surface area contributed by atoms with Crippen molar-refractivity contribution in [2.45, 2.75) is 26.3 Å². The predicted octanol–water partition coefficient (Wildman–Crippen LogP) is -0.0437. The molecule has 0 radical (unpaired) electrons. The van der Waals surface area contributed by atoms with Gasteiger partial charge in [0.15, 0.2) is 5.69 Å². The van der Waals surface area contributed by atoms with Gasteiger partial charge in [0.05, 0.1) is 11.9 Å². The zero-order valence-electron chi connectivity index (χ0n) is 11.5. The fraction of sp³-hybridized carbons (Fsp3) is 0.727. The van der Waals surface area contributed by atoms with Crippen LogP contribution in [0.3, 0.4) is 0 Å². The average molecular weight is 302 g/mol. The molecule has 8 nitrogen and oxygen atoms in total. The van der Waals surface area contributed by atoms with Gasteiger partial charge in [0.1, 0.15) is 0 Å². The number of aromatic carboxylic acids is 1. The van der Waals surface area contributed by atoms with Crippen molar-refractivity contribution in [2.24, 2.45) is 5.92 Å². The van der Waals surface area contributed by atoms with Crippen LogP contribution in [0.4, 0.5) is 0 Å². The van der Waals surface area contributed by atoms with Gasteiger partial charge < -0.3 is 5.11 Å². The molecule has 1 aromatic rings. The minimum atomic E-state index is -3.18. The van der Waals surface area contributed by atoms with E-state index in [1.807, 2.05) is 0 Å². The molecule has 0 aliphatic carbocycles. The molecular formula is C11H18N4O4S. The second-order valence-corrected chi connectivity index (χ2v) is 7.12. The second kappa shape index (κ2) is 5.49. The summed E-state index contributed by atoms with van der Waals surface area (Å²) >= 11 is 0. The Morgan fingerprint density at radius 1 is 1.50 bits per heavy atom. The molecule has 1 fully saturated rings. The van der Waals surface area contributed by atoms with Crippen LogP contribution < -0.4 is 0 Å². The molecule has 1 saturated heterocycles. The lowest BCUT2D eigenvalue weighted by molar-refractivity contribution is 0.0689. The largest absolute Gasteiger partial charge is 0.476 e. The van der Waals surface area contributed by atoms with Gasteiger partial charge in [-0.25, -0.2) is 22.2 Å². The molecule has 1 atom stereocenters. The lowest BCUT2D eigenvalue weighted by Gasteiger charge is -2.30. The Labute approximate surface area is 117 Å². The van der Waals surface area contributed by atoms with Gasteiger partial charge in [0.25, 0.3) is 0 Å². The van der Waals surface area contributed by atoms with Crippen molar-refractivity contribution in [2.75, 3.05) is 19.3 Å². The quantitative estimate of drug-likeness (QED) is 0.836. The Kier molecular flexibility index (Phi) is 4.09. The molecule has 0 spiro atoms. The summed E-state index contributed by atoms with van der Waals surface area (Å²) in [6.45, 7) is 3.13. The van der Waals surface area contributed by atoms with E-state index in [1.54, 1.807) is 11.6 Å². The number of carbonyl (C=O) groups is 1. The minimum absolute atomic E-state index is 0.0548. The third kappa shape index (κ3) is 3.15. The first kappa shape index (κ1) is 14.9. The van der Waals surface area contributed by atoms with Crippen LogP contribution in [0.5, 0.6) is 0 Å². The van der Waals surface area contributed by atoms with E-state index in [4.69, 9.17) is 5.11 Å². The molecule has 20 heavy (non-hydrogen) atoms. The summed E-state index contributed by atoms with van der Waals surface area (Å²) in [4.78, 5) is 10.9. The maximum atomic E-state index is 11.6. The van der Waals surface area contributed by atoms with Crippen LogP contribution in [0.1, 0.15) is 29.0 Å². The highest BCUT2D eigenvalue weighted by Crippen LogP contribution is 2.20. The van der Waals surface area contributed by atoms with Crippen LogP contribution in [-0.4, -0.2) is 58.1 Å². The zero-order chi connectivity index (χ0) is 14.9. The van der Waals surface area contributed by atoms with Crippen LogP contribution in [0, 0.1) is 12.8 Å². The number of nitrogens with zero attached hydrogens (tertiary/aromatic N) is 4. The summed E-state index contributed by atoms with van der Waals surface area (Å²) in [6, 6.07) is 0. The summed E-state index contributed by atoms with van der Waals surface area (Å²) in [5, 5.41) is 16.4. The van der Waals surface area contributed by atoms with Crippen molar-refractivity contribution >= 4 is 16.0 Å². The highest BCUT2D eigenvalue weighted by molar-refractivity contribution is 7.88. The van der Waals surface area contributed by atoms with Gasteiger partial charge in [-0.05, 0) is 25.7 Å². The number of hydrogen-bond donors (Lipinski definition) is 1. The van der Waals surface area contributed by atoms with Gasteiger partial charge in [-0.2, -0.15) is 0 Å². The van der Waals surface area contributed by atoms with E-state index in [1.165, 1.54) is 10.6 Å². The van der Waals surface area contributed by atoms with Crippen molar-refractivity contribution in [1.82, 2.24) is 19.3 Å². The Balaban J connectivity index is 2.09. The molecule has 0 aromatic carbocycles. The number of rotatable bonds is 4.